The van der Waals surface area contributed by atoms with Crippen molar-refractivity contribution in [1.82, 2.24) is 0 Å². The minimum atomic E-state index is -2.21. The van der Waals surface area contributed by atoms with Crippen molar-refractivity contribution in [1.29, 1.82) is 0 Å². The van der Waals surface area contributed by atoms with E-state index in [-0.39, 0.29) is 0 Å². The van der Waals surface area contributed by atoms with E-state index in [9.17, 15) is 4.57 Å². The Morgan fingerprint density at radius 1 is 1.17 bits per heavy atom. The Balaban J connectivity index is 2.50. The molecule has 0 aliphatic rings. The third-order valence-corrected chi connectivity index (χ3v) is 4.38. The van der Waals surface area contributed by atoms with Crippen LogP contribution >= 0.6 is 35.5 Å². The van der Waals surface area contributed by atoms with Gasteiger partial charge in [-0.15, -0.1) is 0 Å². The van der Waals surface area contributed by atoms with E-state index in [4.69, 9.17) is 0 Å². The van der Waals surface area contributed by atoms with E-state index in [1.165, 1.54) is 5.56 Å². The summed E-state index contributed by atoms with van der Waals surface area (Å²) in [5.41, 5.74) is 1.22. The topological polar surface area (TPSA) is 17.1 Å². The molecule has 1 rings (SSSR count). The van der Waals surface area contributed by atoms with Crippen molar-refractivity contribution in [3.8, 4) is 0 Å². The summed E-state index contributed by atoms with van der Waals surface area (Å²) >= 11 is 6.22. The maximum Gasteiger partial charge on any atom is 0.208 e. The highest BCUT2D eigenvalue weighted by Crippen LogP contribution is 2.61. The SMILES string of the molecule is O=P(Br)(Br)CCc1ccccc1. The fourth-order valence-corrected chi connectivity index (χ4v) is 2.49. The van der Waals surface area contributed by atoms with Gasteiger partial charge in [-0.05, 0) is 43.0 Å². The van der Waals surface area contributed by atoms with Gasteiger partial charge in [0.2, 0.25) is 4.55 Å². The van der Waals surface area contributed by atoms with Gasteiger partial charge >= 0.3 is 0 Å². The lowest BCUT2D eigenvalue weighted by Crippen LogP contribution is -1.86. The lowest BCUT2D eigenvalue weighted by molar-refractivity contribution is 0.594. The lowest BCUT2D eigenvalue weighted by atomic mass is 10.2. The quantitative estimate of drug-likeness (QED) is 0.764. The van der Waals surface area contributed by atoms with Gasteiger partial charge < -0.3 is 0 Å². The minimum absolute atomic E-state index is 0.650. The number of aryl methyl sites for hydroxylation is 1. The molecule has 0 spiro atoms. The summed E-state index contributed by atoms with van der Waals surface area (Å²) in [7, 11) is 0. The molecule has 0 radical (unpaired) electrons. The Morgan fingerprint density at radius 2 is 1.75 bits per heavy atom. The van der Waals surface area contributed by atoms with Crippen LogP contribution in [0.15, 0.2) is 30.3 Å². The summed E-state index contributed by atoms with van der Waals surface area (Å²) in [6, 6.07) is 10.0. The summed E-state index contributed by atoms with van der Waals surface area (Å²) < 4.78 is 9.02. The van der Waals surface area contributed by atoms with Gasteiger partial charge in [-0.1, -0.05) is 30.3 Å². The zero-order valence-electron chi connectivity index (χ0n) is 6.41. The van der Waals surface area contributed by atoms with Crippen LogP contribution in [-0.4, -0.2) is 6.16 Å². The van der Waals surface area contributed by atoms with Crippen molar-refractivity contribution in [2.24, 2.45) is 0 Å². The number of benzene rings is 1. The molecule has 66 valence electrons. The predicted molar refractivity (Wildman–Crippen MR) is 60.5 cm³/mol. The molecule has 0 fully saturated rings. The molecule has 0 unspecified atom stereocenters. The van der Waals surface area contributed by atoms with Crippen LogP contribution in [0.25, 0.3) is 0 Å². The van der Waals surface area contributed by atoms with Gasteiger partial charge in [0.25, 0.3) is 0 Å². The zero-order chi connectivity index (χ0) is 9.03. The molecule has 0 aliphatic heterocycles. The van der Waals surface area contributed by atoms with Crippen LogP contribution in [0, 0.1) is 0 Å². The zero-order valence-corrected chi connectivity index (χ0v) is 10.5. The number of hydrogen-bond acceptors (Lipinski definition) is 1. The smallest absolute Gasteiger partial charge is 0.208 e. The minimum Gasteiger partial charge on any atom is -0.299 e. The molecule has 0 saturated carbocycles. The second-order valence-electron chi connectivity index (χ2n) is 2.53. The van der Waals surface area contributed by atoms with Gasteiger partial charge in [0.1, 0.15) is 0 Å². The maximum atomic E-state index is 11.2. The van der Waals surface area contributed by atoms with Crippen molar-refractivity contribution in [3.63, 3.8) is 0 Å². The molecule has 4 heteroatoms. The number of rotatable bonds is 3. The molecule has 1 nitrogen and oxygen atoms in total. The molecule has 0 saturated heterocycles. The first kappa shape index (κ1) is 10.5. The molecule has 1 aromatic carbocycles. The number of halogens is 2. The average molecular weight is 312 g/mol. The fourth-order valence-electron chi connectivity index (χ4n) is 0.904. The first-order valence-corrected chi connectivity index (χ1v) is 9.53. The fraction of sp³-hybridized carbons (Fsp3) is 0.250. The number of hydrogen-bond donors (Lipinski definition) is 0. The van der Waals surface area contributed by atoms with E-state index in [0.717, 1.165) is 6.42 Å². The third kappa shape index (κ3) is 4.44. The van der Waals surface area contributed by atoms with Gasteiger partial charge in [-0.25, -0.2) is 0 Å². The van der Waals surface area contributed by atoms with Gasteiger partial charge in [0, 0.05) is 6.16 Å². The summed E-state index contributed by atoms with van der Waals surface area (Å²) in [6.45, 7) is 0. The predicted octanol–water partition coefficient (Wildman–Crippen LogP) is 4.21. The van der Waals surface area contributed by atoms with Crippen LogP contribution in [0.2, 0.25) is 0 Å². The molecule has 0 aliphatic carbocycles. The van der Waals surface area contributed by atoms with Crippen LogP contribution in [-0.2, 0) is 11.0 Å². The second kappa shape index (κ2) is 4.59. The largest absolute Gasteiger partial charge is 0.299 e. The van der Waals surface area contributed by atoms with E-state index >= 15 is 0 Å². The van der Waals surface area contributed by atoms with Crippen LogP contribution in [0.3, 0.4) is 0 Å². The first-order chi connectivity index (χ1) is 5.58. The highest BCUT2D eigenvalue weighted by atomic mass is 79.9. The molecular weight excluding hydrogens is 303 g/mol. The van der Waals surface area contributed by atoms with Gasteiger partial charge in [-0.2, -0.15) is 0 Å². The van der Waals surface area contributed by atoms with Crippen molar-refractivity contribution in [2.45, 2.75) is 6.42 Å². The van der Waals surface area contributed by atoms with Gasteiger partial charge in [0.05, 0.1) is 0 Å². The van der Waals surface area contributed by atoms with Gasteiger partial charge in [0.15, 0.2) is 0 Å². The molecule has 0 atom stereocenters. The van der Waals surface area contributed by atoms with Crippen molar-refractivity contribution in [2.75, 3.05) is 6.16 Å². The van der Waals surface area contributed by atoms with E-state index in [2.05, 4.69) is 31.0 Å². The van der Waals surface area contributed by atoms with Crippen molar-refractivity contribution >= 4 is 35.5 Å². The highest BCUT2D eigenvalue weighted by Gasteiger charge is 2.11. The third-order valence-electron chi connectivity index (χ3n) is 1.50. The van der Waals surface area contributed by atoms with Crippen LogP contribution < -0.4 is 0 Å². The molecule has 1 aromatic rings. The van der Waals surface area contributed by atoms with Crippen LogP contribution in [0.5, 0.6) is 0 Å². The molecular formula is C8H9Br2OP. The van der Waals surface area contributed by atoms with Crippen LogP contribution in [0.4, 0.5) is 0 Å². The maximum absolute atomic E-state index is 11.2. The summed E-state index contributed by atoms with van der Waals surface area (Å²) in [5.74, 6) is 0. The van der Waals surface area contributed by atoms with E-state index in [1.54, 1.807) is 0 Å². The van der Waals surface area contributed by atoms with Crippen molar-refractivity contribution in [3.05, 3.63) is 35.9 Å². The Morgan fingerprint density at radius 3 is 2.25 bits per heavy atom. The Kier molecular flexibility index (Phi) is 4.01. The first-order valence-electron chi connectivity index (χ1n) is 3.60. The summed E-state index contributed by atoms with van der Waals surface area (Å²) in [5, 5.41) is 0. The Hall–Kier alpha value is 0.410. The molecule has 12 heavy (non-hydrogen) atoms. The lowest BCUT2D eigenvalue weighted by Gasteiger charge is -2.01. The second-order valence-corrected chi connectivity index (χ2v) is 13.8. The standard InChI is InChI=1S/C8H9Br2OP/c9-12(10,11)7-6-8-4-2-1-3-5-8/h1-5H,6-7H2. The summed E-state index contributed by atoms with van der Waals surface area (Å²) in [4.78, 5) is 0. The average Bonchev–Trinajstić information content (AvgIpc) is 2.02. The van der Waals surface area contributed by atoms with E-state index in [1.807, 2.05) is 30.3 Å². The highest BCUT2D eigenvalue weighted by molar-refractivity contribution is 9.70. The monoisotopic (exact) mass is 310 g/mol. The van der Waals surface area contributed by atoms with E-state index < -0.39 is 4.55 Å². The normalized spacial score (nSPS) is 11.5. The molecule has 0 amide bonds. The molecule has 0 aromatic heterocycles. The molecule has 0 N–H and O–H groups in total. The Bertz CT molecular complexity index is 280. The molecule has 0 heterocycles. The van der Waals surface area contributed by atoms with Crippen LogP contribution in [0.1, 0.15) is 5.56 Å². The van der Waals surface area contributed by atoms with Gasteiger partial charge in [-0.3, -0.25) is 4.57 Å². The van der Waals surface area contributed by atoms with E-state index in [0.29, 0.717) is 6.16 Å². The Labute approximate surface area is 88.4 Å². The molecule has 0 bridgehead atoms. The summed E-state index contributed by atoms with van der Waals surface area (Å²) in [6.07, 6.45) is 1.49. The van der Waals surface area contributed by atoms with Crippen molar-refractivity contribution < 1.29 is 4.57 Å².